The van der Waals surface area contributed by atoms with Crippen LogP contribution in [0.15, 0.2) is 24.4 Å². The Kier molecular flexibility index (Phi) is 5.67. The van der Waals surface area contributed by atoms with Crippen LogP contribution in [0.2, 0.25) is 0 Å². The van der Waals surface area contributed by atoms with Crippen LogP contribution in [0, 0.1) is 13.8 Å². The molecule has 1 fully saturated rings. The summed E-state index contributed by atoms with van der Waals surface area (Å²) in [5, 5.41) is 8.54. The van der Waals surface area contributed by atoms with Crippen LogP contribution in [0.3, 0.4) is 0 Å². The first kappa shape index (κ1) is 20.3. The topological polar surface area (TPSA) is 79.2 Å². The number of aromatic nitrogens is 4. The molecule has 0 unspecified atom stereocenters. The van der Waals surface area contributed by atoms with Crippen LogP contribution in [0.25, 0.3) is 10.9 Å². The molecule has 2 aromatic heterocycles. The fourth-order valence-corrected chi connectivity index (χ4v) is 3.87. The van der Waals surface area contributed by atoms with Gasteiger partial charge < -0.3 is 15.1 Å². The SMILES string of the molecule is CCn1ncc(CN(C)C(=O)c2nc(N3CCNCC3)nc3ccc(C)cc23)c1C. The Labute approximate surface area is 176 Å². The third-order valence-electron chi connectivity index (χ3n) is 5.70. The van der Waals surface area contributed by atoms with Crippen molar-refractivity contribution in [2.45, 2.75) is 33.9 Å². The maximum Gasteiger partial charge on any atom is 0.273 e. The number of piperazine rings is 1. The van der Waals surface area contributed by atoms with E-state index in [0.717, 1.165) is 60.4 Å². The van der Waals surface area contributed by atoms with Gasteiger partial charge in [-0.25, -0.2) is 9.97 Å². The normalized spacial score (nSPS) is 14.3. The van der Waals surface area contributed by atoms with E-state index in [-0.39, 0.29) is 5.91 Å². The zero-order valence-corrected chi connectivity index (χ0v) is 18.1. The van der Waals surface area contributed by atoms with E-state index < -0.39 is 0 Å². The fourth-order valence-electron chi connectivity index (χ4n) is 3.87. The largest absolute Gasteiger partial charge is 0.338 e. The molecule has 158 valence electrons. The fraction of sp³-hybridized carbons (Fsp3) is 0.455. The average molecular weight is 408 g/mol. The van der Waals surface area contributed by atoms with Crippen molar-refractivity contribution >= 4 is 22.8 Å². The van der Waals surface area contributed by atoms with Crippen molar-refractivity contribution in [2.75, 3.05) is 38.1 Å². The smallest absolute Gasteiger partial charge is 0.273 e. The summed E-state index contributed by atoms with van der Waals surface area (Å²) in [4.78, 5) is 26.8. The average Bonchev–Trinajstić information content (AvgIpc) is 3.12. The third-order valence-corrected chi connectivity index (χ3v) is 5.70. The molecule has 8 heteroatoms. The molecule has 1 amide bonds. The maximum absolute atomic E-state index is 13.5. The van der Waals surface area contributed by atoms with Gasteiger partial charge in [-0.3, -0.25) is 9.48 Å². The Morgan fingerprint density at radius 3 is 2.67 bits per heavy atom. The molecule has 8 nitrogen and oxygen atoms in total. The summed E-state index contributed by atoms with van der Waals surface area (Å²) in [6.07, 6.45) is 1.84. The molecule has 4 rings (SSSR count). The number of anilines is 1. The molecule has 3 aromatic rings. The first-order valence-electron chi connectivity index (χ1n) is 10.5. The first-order valence-corrected chi connectivity index (χ1v) is 10.5. The summed E-state index contributed by atoms with van der Waals surface area (Å²) >= 11 is 0. The van der Waals surface area contributed by atoms with E-state index in [4.69, 9.17) is 9.97 Å². The molecule has 0 spiro atoms. The minimum atomic E-state index is -0.104. The number of amides is 1. The molecule has 0 aliphatic carbocycles. The second kappa shape index (κ2) is 8.39. The zero-order chi connectivity index (χ0) is 21.3. The summed E-state index contributed by atoms with van der Waals surface area (Å²) in [5.74, 6) is 0.521. The van der Waals surface area contributed by atoms with Gasteiger partial charge in [-0.2, -0.15) is 5.10 Å². The number of carbonyl (C=O) groups is 1. The van der Waals surface area contributed by atoms with Crippen LogP contribution >= 0.6 is 0 Å². The predicted octanol–water partition coefficient (Wildman–Crippen LogP) is 2.14. The lowest BCUT2D eigenvalue weighted by molar-refractivity contribution is 0.0781. The summed E-state index contributed by atoms with van der Waals surface area (Å²) in [7, 11) is 1.82. The first-order chi connectivity index (χ1) is 14.5. The van der Waals surface area contributed by atoms with Crippen molar-refractivity contribution in [3.05, 3.63) is 46.9 Å². The molecular weight excluding hydrogens is 378 g/mol. The van der Waals surface area contributed by atoms with Crippen molar-refractivity contribution in [3.8, 4) is 0 Å². The van der Waals surface area contributed by atoms with Gasteiger partial charge in [0.25, 0.3) is 5.91 Å². The van der Waals surface area contributed by atoms with E-state index in [2.05, 4.69) is 22.2 Å². The second-order valence-electron chi connectivity index (χ2n) is 7.86. The van der Waals surface area contributed by atoms with E-state index in [1.807, 2.05) is 50.0 Å². The number of hydrogen-bond donors (Lipinski definition) is 1. The quantitative estimate of drug-likeness (QED) is 0.698. The van der Waals surface area contributed by atoms with E-state index >= 15 is 0 Å². The lowest BCUT2D eigenvalue weighted by atomic mass is 10.1. The van der Waals surface area contributed by atoms with Gasteiger partial charge in [-0.15, -0.1) is 0 Å². The van der Waals surface area contributed by atoms with Gasteiger partial charge in [0.15, 0.2) is 0 Å². The molecule has 1 aromatic carbocycles. The molecule has 0 bridgehead atoms. The zero-order valence-electron chi connectivity index (χ0n) is 18.1. The van der Waals surface area contributed by atoms with Crippen LogP contribution in [-0.2, 0) is 13.1 Å². The van der Waals surface area contributed by atoms with E-state index in [9.17, 15) is 4.79 Å². The van der Waals surface area contributed by atoms with Gasteiger partial charge in [0.2, 0.25) is 5.95 Å². The molecule has 1 aliphatic rings. The van der Waals surface area contributed by atoms with Gasteiger partial charge in [-0.1, -0.05) is 11.6 Å². The lowest BCUT2D eigenvalue weighted by Crippen LogP contribution is -2.44. The summed E-state index contributed by atoms with van der Waals surface area (Å²) in [6, 6.07) is 6.00. The van der Waals surface area contributed by atoms with Crippen molar-refractivity contribution in [1.82, 2.24) is 30.0 Å². The van der Waals surface area contributed by atoms with E-state index in [1.54, 1.807) is 4.90 Å². The van der Waals surface area contributed by atoms with Crippen LogP contribution in [-0.4, -0.2) is 63.8 Å². The molecule has 3 heterocycles. The molecular formula is C22H29N7O. The molecule has 1 saturated heterocycles. The van der Waals surface area contributed by atoms with E-state index in [0.29, 0.717) is 18.2 Å². The molecule has 0 saturated carbocycles. The number of benzene rings is 1. The number of fused-ring (bicyclic) bond motifs is 1. The Morgan fingerprint density at radius 1 is 1.20 bits per heavy atom. The lowest BCUT2D eigenvalue weighted by Gasteiger charge is -2.28. The van der Waals surface area contributed by atoms with Gasteiger partial charge in [0.05, 0.1) is 11.7 Å². The van der Waals surface area contributed by atoms with Crippen molar-refractivity contribution in [2.24, 2.45) is 0 Å². The summed E-state index contributed by atoms with van der Waals surface area (Å²) < 4.78 is 1.94. The molecule has 1 N–H and O–H groups in total. The molecule has 30 heavy (non-hydrogen) atoms. The number of aryl methyl sites for hydroxylation is 2. The highest BCUT2D eigenvalue weighted by molar-refractivity contribution is 6.04. The monoisotopic (exact) mass is 407 g/mol. The Balaban J connectivity index is 1.70. The van der Waals surface area contributed by atoms with Crippen molar-refractivity contribution in [3.63, 3.8) is 0 Å². The third kappa shape index (κ3) is 3.87. The van der Waals surface area contributed by atoms with E-state index in [1.165, 1.54) is 0 Å². The van der Waals surface area contributed by atoms with Gasteiger partial charge in [-0.05, 0) is 32.9 Å². The number of rotatable bonds is 5. The van der Waals surface area contributed by atoms with Gasteiger partial charge >= 0.3 is 0 Å². The number of hydrogen-bond acceptors (Lipinski definition) is 6. The highest BCUT2D eigenvalue weighted by atomic mass is 16.2. The van der Waals surface area contributed by atoms with Crippen LogP contribution < -0.4 is 10.2 Å². The van der Waals surface area contributed by atoms with Crippen LogP contribution in [0.5, 0.6) is 0 Å². The molecule has 0 radical (unpaired) electrons. The van der Waals surface area contributed by atoms with Gasteiger partial charge in [0.1, 0.15) is 5.69 Å². The Morgan fingerprint density at radius 2 is 1.97 bits per heavy atom. The summed E-state index contributed by atoms with van der Waals surface area (Å²) in [6.45, 7) is 10.9. The van der Waals surface area contributed by atoms with Crippen molar-refractivity contribution < 1.29 is 4.79 Å². The summed E-state index contributed by atoms with van der Waals surface area (Å²) in [5.41, 5.74) is 4.47. The molecule has 1 aliphatic heterocycles. The molecule has 0 atom stereocenters. The highest BCUT2D eigenvalue weighted by Crippen LogP contribution is 2.23. The van der Waals surface area contributed by atoms with Crippen molar-refractivity contribution in [1.29, 1.82) is 0 Å². The predicted molar refractivity (Wildman–Crippen MR) is 118 cm³/mol. The minimum Gasteiger partial charge on any atom is -0.338 e. The van der Waals surface area contributed by atoms with Crippen LogP contribution in [0.4, 0.5) is 5.95 Å². The highest BCUT2D eigenvalue weighted by Gasteiger charge is 2.23. The number of nitrogens with one attached hydrogen (secondary N) is 1. The maximum atomic E-state index is 13.5. The van der Waals surface area contributed by atoms with Gasteiger partial charge in [0, 0.05) is 63.0 Å². The number of carbonyl (C=O) groups excluding carboxylic acids is 1. The van der Waals surface area contributed by atoms with Crippen LogP contribution in [0.1, 0.15) is 34.2 Å². The Hall–Kier alpha value is -3.00. The standard InChI is InChI=1S/C22H29N7O/c1-5-29-16(3)17(13-24-29)14-27(4)21(30)20-18-12-15(2)6-7-19(18)25-22(26-20)28-10-8-23-9-11-28/h6-7,12-13,23H,5,8-11,14H2,1-4H3. The Bertz CT molecular complexity index is 1070. The minimum absolute atomic E-state index is 0.104. The second-order valence-corrected chi connectivity index (χ2v) is 7.86. The number of nitrogens with zero attached hydrogens (tertiary/aromatic N) is 6.